The van der Waals surface area contributed by atoms with E-state index in [1.807, 2.05) is 32.0 Å². The van der Waals surface area contributed by atoms with Gasteiger partial charge in [-0.2, -0.15) is 5.10 Å². The molecule has 126 valence electrons. The second-order valence-electron chi connectivity index (χ2n) is 6.88. The molecule has 0 radical (unpaired) electrons. The van der Waals surface area contributed by atoms with E-state index in [9.17, 15) is 9.59 Å². The molecule has 1 heterocycles. The topological polar surface area (TPSA) is 64.0 Å². The number of rotatable bonds is 3. The smallest absolute Gasteiger partial charge is 0.267 e. The van der Waals surface area contributed by atoms with Crippen LogP contribution in [-0.4, -0.2) is 15.7 Å². The van der Waals surface area contributed by atoms with Crippen molar-refractivity contribution in [3.63, 3.8) is 0 Å². The largest absolute Gasteiger partial charge is 0.324 e. The number of aryl methyl sites for hydroxylation is 3. The van der Waals surface area contributed by atoms with Crippen molar-refractivity contribution in [3.05, 3.63) is 57.0 Å². The van der Waals surface area contributed by atoms with Crippen LogP contribution in [0.1, 0.15) is 35.7 Å². The van der Waals surface area contributed by atoms with Crippen LogP contribution in [0.25, 0.3) is 0 Å². The fraction of sp³-hybridized carbons (Fsp3) is 0.421. The predicted molar refractivity (Wildman–Crippen MR) is 94.2 cm³/mol. The van der Waals surface area contributed by atoms with Crippen molar-refractivity contribution in [3.8, 4) is 0 Å². The van der Waals surface area contributed by atoms with Crippen molar-refractivity contribution < 1.29 is 4.79 Å². The molecule has 1 atom stereocenters. The Balaban J connectivity index is 1.76. The summed E-state index contributed by atoms with van der Waals surface area (Å²) in [6, 6.07) is 7.51. The van der Waals surface area contributed by atoms with Gasteiger partial charge in [0.25, 0.3) is 5.56 Å². The van der Waals surface area contributed by atoms with Crippen LogP contribution in [0.15, 0.2) is 29.1 Å². The van der Waals surface area contributed by atoms with Crippen LogP contribution in [0, 0.1) is 19.8 Å². The average Bonchev–Trinajstić information content (AvgIpc) is 2.47. The SMILES string of the molecule is Cc1cc(C)cc(NC(=O)Cn2nc3c(cc2=O)CC(C)CC3)c1. The van der Waals surface area contributed by atoms with Gasteiger partial charge in [0, 0.05) is 11.8 Å². The molecule has 24 heavy (non-hydrogen) atoms. The summed E-state index contributed by atoms with van der Waals surface area (Å²) in [7, 11) is 0. The Labute approximate surface area is 141 Å². The van der Waals surface area contributed by atoms with Gasteiger partial charge in [-0.15, -0.1) is 0 Å². The van der Waals surface area contributed by atoms with Crippen LogP contribution < -0.4 is 10.9 Å². The van der Waals surface area contributed by atoms with E-state index in [0.29, 0.717) is 5.92 Å². The number of carbonyl (C=O) groups excluding carboxylic acids is 1. The zero-order valence-corrected chi connectivity index (χ0v) is 14.4. The van der Waals surface area contributed by atoms with Crippen LogP contribution in [0.2, 0.25) is 0 Å². The summed E-state index contributed by atoms with van der Waals surface area (Å²) in [4.78, 5) is 24.5. The summed E-state index contributed by atoms with van der Waals surface area (Å²) in [5, 5.41) is 7.26. The van der Waals surface area contributed by atoms with E-state index in [0.717, 1.165) is 47.3 Å². The molecule has 1 unspecified atom stereocenters. The molecule has 1 amide bonds. The lowest BCUT2D eigenvalue weighted by molar-refractivity contribution is -0.117. The molecule has 0 spiro atoms. The Hall–Kier alpha value is -2.43. The lowest BCUT2D eigenvalue weighted by Gasteiger charge is -2.20. The second kappa shape index (κ2) is 6.59. The number of hydrogen-bond donors (Lipinski definition) is 1. The zero-order valence-electron chi connectivity index (χ0n) is 14.4. The Kier molecular flexibility index (Phi) is 4.51. The molecule has 0 fully saturated rings. The van der Waals surface area contributed by atoms with Crippen molar-refractivity contribution in [1.29, 1.82) is 0 Å². The van der Waals surface area contributed by atoms with Gasteiger partial charge in [-0.1, -0.05) is 13.0 Å². The summed E-state index contributed by atoms with van der Waals surface area (Å²) in [5.41, 5.74) is 4.69. The summed E-state index contributed by atoms with van der Waals surface area (Å²) in [6.45, 7) is 6.10. The summed E-state index contributed by atoms with van der Waals surface area (Å²) in [5.74, 6) is 0.348. The number of nitrogens with zero attached hydrogens (tertiary/aromatic N) is 2. The van der Waals surface area contributed by atoms with Gasteiger partial charge in [-0.3, -0.25) is 9.59 Å². The number of carbonyl (C=O) groups is 1. The Morgan fingerprint density at radius 3 is 2.67 bits per heavy atom. The van der Waals surface area contributed by atoms with E-state index < -0.39 is 0 Å². The molecule has 5 heteroatoms. The highest BCUT2D eigenvalue weighted by Crippen LogP contribution is 2.22. The van der Waals surface area contributed by atoms with Gasteiger partial charge in [0.15, 0.2) is 0 Å². The highest BCUT2D eigenvalue weighted by atomic mass is 16.2. The minimum absolute atomic E-state index is 0.0609. The molecule has 2 aromatic rings. The summed E-state index contributed by atoms with van der Waals surface area (Å²) < 4.78 is 1.27. The third-order valence-corrected chi connectivity index (χ3v) is 4.41. The fourth-order valence-electron chi connectivity index (χ4n) is 3.31. The molecule has 1 aliphatic rings. The van der Waals surface area contributed by atoms with E-state index in [2.05, 4.69) is 17.3 Å². The quantitative estimate of drug-likeness (QED) is 0.943. The second-order valence-corrected chi connectivity index (χ2v) is 6.88. The number of hydrogen-bond acceptors (Lipinski definition) is 3. The molecule has 0 saturated heterocycles. The first-order valence-electron chi connectivity index (χ1n) is 8.39. The number of fused-ring (bicyclic) bond motifs is 1. The van der Waals surface area contributed by atoms with Crippen molar-refractivity contribution in [1.82, 2.24) is 9.78 Å². The van der Waals surface area contributed by atoms with Crippen LogP contribution in [0.3, 0.4) is 0 Å². The first-order valence-corrected chi connectivity index (χ1v) is 8.39. The third-order valence-electron chi connectivity index (χ3n) is 4.41. The number of benzene rings is 1. The molecule has 1 aliphatic carbocycles. The van der Waals surface area contributed by atoms with Gasteiger partial charge >= 0.3 is 0 Å². The number of anilines is 1. The highest BCUT2D eigenvalue weighted by molar-refractivity contribution is 5.90. The molecule has 5 nitrogen and oxygen atoms in total. The maximum absolute atomic E-state index is 12.3. The maximum atomic E-state index is 12.3. The monoisotopic (exact) mass is 325 g/mol. The van der Waals surface area contributed by atoms with Crippen molar-refractivity contribution >= 4 is 11.6 Å². The fourth-order valence-corrected chi connectivity index (χ4v) is 3.31. The summed E-state index contributed by atoms with van der Waals surface area (Å²) in [6.07, 6.45) is 2.84. The number of nitrogens with one attached hydrogen (secondary N) is 1. The summed E-state index contributed by atoms with van der Waals surface area (Å²) >= 11 is 0. The Morgan fingerprint density at radius 1 is 1.25 bits per heavy atom. The minimum Gasteiger partial charge on any atom is -0.324 e. The van der Waals surface area contributed by atoms with Crippen molar-refractivity contribution in [2.24, 2.45) is 5.92 Å². The lowest BCUT2D eigenvalue weighted by Crippen LogP contribution is -2.32. The number of amides is 1. The maximum Gasteiger partial charge on any atom is 0.267 e. The molecule has 1 aromatic heterocycles. The van der Waals surface area contributed by atoms with Gasteiger partial charge < -0.3 is 5.32 Å². The van der Waals surface area contributed by atoms with Crippen molar-refractivity contribution in [2.45, 2.75) is 46.6 Å². The predicted octanol–water partition coefficient (Wildman–Crippen LogP) is 2.62. The molecule has 0 saturated carbocycles. The normalized spacial score (nSPS) is 16.5. The molecule has 0 aliphatic heterocycles. The van der Waals surface area contributed by atoms with Crippen LogP contribution in [0.5, 0.6) is 0 Å². The van der Waals surface area contributed by atoms with E-state index >= 15 is 0 Å². The van der Waals surface area contributed by atoms with Crippen LogP contribution in [-0.2, 0) is 24.2 Å². The van der Waals surface area contributed by atoms with Gasteiger partial charge in [-0.25, -0.2) is 4.68 Å². The van der Waals surface area contributed by atoms with E-state index in [4.69, 9.17) is 0 Å². The third kappa shape index (κ3) is 3.72. The van der Waals surface area contributed by atoms with Gasteiger partial charge in [0.2, 0.25) is 5.91 Å². The number of aromatic nitrogens is 2. The van der Waals surface area contributed by atoms with E-state index in [-0.39, 0.29) is 18.0 Å². The first kappa shape index (κ1) is 16.4. The average molecular weight is 325 g/mol. The minimum atomic E-state index is -0.237. The zero-order chi connectivity index (χ0) is 17.3. The lowest BCUT2D eigenvalue weighted by atomic mass is 9.88. The standard InChI is InChI=1S/C19H23N3O2/c1-12-4-5-17-15(7-12)10-19(24)22(21-17)11-18(23)20-16-8-13(2)6-14(3)9-16/h6,8-10,12H,4-5,7,11H2,1-3H3,(H,20,23). The Morgan fingerprint density at radius 2 is 1.96 bits per heavy atom. The van der Waals surface area contributed by atoms with Crippen LogP contribution >= 0.6 is 0 Å². The molecule has 0 bridgehead atoms. The van der Waals surface area contributed by atoms with Crippen LogP contribution in [0.4, 0.5) is 5.69 Å². The van der Waals surface area contributed by atoms with Gasteiger partial charge in [0.1, 0.15) is 6.54 Å². The molecular formula is C19H23N3O2. The highest BCUT2D eigenvalue weighted by Gasteiger charge is 2.18. The Bertz CT molecular complexity index is 819. The molecule has 1 aromatic carbocycles. The van der Waals surface area contributed by atoms with E-state index in [1.165, 1.54) is 4.68 Å². The molecule has 1 N–H and O–H groups in total. The first-order chi connectivity index (χ1) is 11.4. The molecule has 3 rings (SSSR count). The van der Waals surface area contributed by atoms with Gasteiger partial charge in [-0.05, 0) is 67.9 Å². The van der Waals surface area contributed by atoms with E-state index in [1.54, 1.807) is 6.07 Å². The van der Waals surface area contributed by atoms with Crippen molar-refractivity contribution in [2.75, 3.05) is 5.32 Å². The van der Waals surface area contributed by atoms with Gasteiger partial charge in [0.05, 0.1) is 5.69 Å². The molecular weight excluding hydrogens is 302 g/mol.